The number of carbonyl (C=O) groups excluding carboxylic acids is 2. The number of hydrogen-bond donors (Lipinski definition) is 2. The van der Waals surface area contributed by atoms with Crippen LogP contribution in [0.5, 0.6) is 0 Å². The van der Waals surface area contributed by atoms with Crippen molar-refractivity contribution < 1.29 is 14.3 Å². The van der Waals surface area contributed by atoms with E-state index in [4.69, 9.17) is 10.5 Å². The minimum absolute atomic E-state index is 0.00954. The lowest BCUT2D eigenvalue weighted by Crippen LogP contribution is -2.22. The highest BCUT2D eigenvalue weighted by molar-refractivity contribution is 7.14. The van der Waals surface area contributed by atoms with Gasteiger partial charge in [0, 0.05) is 0 Å². The zero-order valence-corrected chi connectivity index (χ0v) is 9.97. The lowest BCUT2D eigenvalue weighted by atomic mass is 10.3. The number of amides is 2. The average molecular weight is 242 g/mol. The van der Waals surface area contributed by atoms with Crippen molar-refractivity contribution in [3.05, 3.63) is 17.0 Å². The van der Waals surface area contributed by atoms with Gasteiger partial charge in [0.25, 0.3) is 11.8 Å². The normalized spacial score (nSPS) is 10.4. The Hall–Kier alpha value is -1.40. The number of ether oxygens (including phenoxy) is 1. The Morgan fingerprint density at radius 2 is 2.25 bits per heavy atom. The van der Waals surface area contributed by atoms with Gasteiger partial charge >= 0.3 is 0 Å². The fourth-order valence-electron chi connectivity index (χ4n) is 1.01. The SMILES string of the molecule is CC(C)OCC(=O)Nc1sccc1C(N)=O. The molecule has 0 aliphatic carbocycles. The summed E-state index contributed by atoms with van der Waals surface area (Å²) >= 11 is 1.25. The first-order valence-electron chi connectivity index (χ1n) is 4.79. The lowest BCUT2D eigenvalue weighted by molar-refractivity contribution is -0.121. The molecule has 0 radical (unpaired) electrons. The summed E-state index contributed by atoms with van der Waals surface area (Å²) in [7, 11) is 0. The Bertz CT molecular complexity index is 387. The minimum Gasteiger partial charge on any atom is -0.369 e. The van der Waals surface area contributed by atoms with Crippen molar-refractivity contribution in [1.29, 1.82) is 0 Å². The molecule has 0 fully saturated rings. The third-order valence-electron chi connectivity index (χ3n) is 1.73. The largest absolute Gasteiger partial charge is 0.369 e. The summed E-state index contributed by atoms with van der Waals surface area (Å²) in [6.07, 6.45) is -0.00954. The summed E-state index contributed by atoms with van der Waals surface area (Å²) in [5, 5.41) is 4.74. The van der Waals surface area contributed by atoms with Gasteiger partial charge in [-0.15, -0.1) is 11.3 Å². The number of nitrogens with one attached hydrogen (secondary N) is 1. The van der Waals surface area contributed by atoms with E-state index < -0.39 is 5.91 Å². The third-order valence-corrected chi connectivity index (χ3v) is 2.56. The molecule has 1 aromatic heterocycles. The summed E-state index contributed by atoms with van der Waals surface area (Å²) < 4.78 is 5.13. The molecule has 16 heavy (non-hydrogen) atoms. The second kappa shape index (κ2) is 5.62. The van der Waals surface area contributed by atoms with E-state index in [1.54, 1.807) is 11.4 Å². The highest BCUT2D eigenvalue weighted by atomic mass is 32.1. The van der Waals surface area contributed by atoms with Crippen LogP contribution in [-0.4, -0.2) is 24.5 Å². The number of hydrogen-bond acceptors (Lipinski definition) is 4. The summed E-state index contributed by atoms with van der Waals surface area (Å²) in [6, 6.07) is 1.58. The van der Waals surface area contributed by atoms with Crippen molar-refractivity contribution in [3.8, 4) is 0 Å². The molecule has 0 saturated carbocycles. The monoisotopic (exact) mass is 242 g/mol. The molecule has 1 aromatic rings. The Balaban J connectivity index is 2.56. The van der Waals surface area contributed by atoms with Crippen molar-refractivity contribution in [1.82, 2.24) is 0 Å². The minimum atomic E-state index is -0.554. The van der Waals surface area contributed by atoms with Crippen LogP contribution in [0.4, 0.5) is 5.00 Å². The van der Waals surface area contributed by atoms with Crippen molar-refractivity contribution in [3.63, 3.8) is 0 Å². The van der Waals surface area contributed by atoms with E-state index in [-0.39, 0.29) is 18.6 Å². The smallest absolute Gasteiger partial charge is 0.251 e. The van der Waals surface area contributed by atoms with Crippen LogP contribution in [-0.2, 0) is 9.53 Å². The molecule has 0 aliphatic rings. The molecule has 0 atom stereocenters. The predicted octanol–water partition coefficient (Wildman–Crippen LogP) is 1.21. The molecule has 5 nitrogen and oxygen atoms in total. The van der Waals surface area contributed by atoms with Gasteiger partial charge in [0.2, 0.25) is 0 Å². The maximum atomic E-state index is 11.4. The Morgan fingerprint density at radius 3 is 2.81 bits per heavy atom. The van der Waals surface area contributed by atoms with Crippen molar-refractivity contribution in [2.75, 3.05) is 11.9 Å². The van der Waals surface area contributed by atoms with Gasteiger partial charge in [0.05, 0.1) is 11.7 Å². The van der Waals surface area contributed by atoms with Gasteiger partial charge in [-0.1, -0.05) is 0 Å². The quantitative estimate of drug-likeness (QED) is 0.814. The number of primary amides is 1. The lowest BCUT2D eigenvalue weighted by Gasteiger charge is -2.07. The Labute approximate surface area is 97.6 Å². The van der Waals surface area contributed by atoms with Crippen LogP contribution < -0.4 is 11.1 Å². The van der Waals surface area contributed by atoms with Crippen molar-refractivity contribution in [2.45, 2.75) is 20.0 Å². The summed E-state index contributed by atoms with van der Waals surface area (Å²) in [5.74, 6) is -0.847. The third kappa shape index (κ3) is 3.63. The molecule has 0 saturated heterocycles. The topological polar surface area (TPSA) is 81.4 Å². The first kappa shape index (κ1) is 12.7. The van der Waals surface area contributed by atoms with Crippen LogP contribution in [0.25, 0.3) is 0 Å². The molecule has 1 rings (SSSR count). The van der Waals surface area contributed by atoms with E-state index in [0.29, 0.717) is 10.6 Å². The van der Waals surface area contributed by atoms with E-state index in [1.807, 2.05) is 13.8 Å². The van der Waals surface area contributed by atoms with Crippen LogP contribution in [0.3, 0.4) is 0 Å². The number of nitrogens with two attached hydrogens (primary N) is 1. The highest BCUT2D eigenvalue weighted by Crippen LogP contribution is 2.22. The first-order valence-corrected chi connectivity index (χ1v) is 5.67. The first-order chi connectivity index (χ1) is 7.50. The molecular formula is C10H14N2O3S. The molecule has 3 N–H and O–H groups in total. The van der Waals surface area contributed by atoms with Gasteiger partial charge in [-0.2, -0.15) is 0 Å². The van der Waals surface area contributed by atoms with Crippen LogP contribution in [0.1, 0.15) is 24.2 Å². The molecule has 0 spiro atoms. The molecule has 88 valence electrons. The van der Waals surface area contributed by atoms with Gasteiger partial charge in [0.15, 0.2) is 0 Å². The zero-order valence-electron chi connectivity index (χ0n) is 9.15. The number of rotatable bonds is 5. The maximum Gasteiger partial charge on any atom is 0.251 e. The van der Waals surface area contributed by atoms with Gasteiger partial charge in [-0.05, 0) is 25.3 Å². The predicted molar refractivity (Wildman–Crippen MR) is 62.6 cm³/mol. The number of carbonyl (C=O) groups is 2. The standard InChI is InChI=1S/C10H14N2O3S/c1-6(2)15-5-8(13)12-10-7(9(11)14)3-4-16-10/h3-4,6H,5H2,1-2H3,(H2,11,14)(H,12,13). The fraction of sp³-hybridized carbons (Fsp3) is 0.400. The highest BCUT2D eigenvalue weighted by Gasteiger charge is 2.12. The second-order valence-electron chi connectivity index (χ2n) is 3.44. The summed E-state index contributed by atoms with van der Waals surface area (Å²) in [6.45, 7) is 3.65. The maximum absolute atomic E-state index is 11.4. The van der Waals surface area contributed by atoms with Gasteiger partial charge in [0.1, 0.15) is 11.6 Å². The van der Waals surface area contributed by atoms with E-state index in [0.717, 1.165) is 0 Å². The van der Waals surface area contributed by atoms with Crippen LogP contribution in [0.15, 0.2) is 11.4 Å². The second-order valence-corrected chi connectivity index (χ2v) is 4.35. The van der Waals surface area contributed by atoms with E-state index >= 15 is 0 Å². The average Bonchev–Trinajstić information content (AvgIpc) is 2.62. The molecule has 0 unspecified atom stereocenters. The Kier molecular flexibility index (Phi) is 4.45. The molecule has 6 heteroatoms. The van der Waals surface area contributed by atoms with Crippen LogP contribution in [0.2, 0.25) is 0 Å². The molecule has 0 bridgehead atoms. The summed E-state index contributed by atoms with van der Waals surface area (Å²) in [5.41, 5.74) is 5.46. The van der Waals surface area contributed by atoms with Gasteiger partial charge < -0.3 is 15.8 Å². The molecule has 1 heterocycles. The van der Waals surface area contributed by atoms with Crippen molar-refractivity contribution >= 4 is 28.2 Å². The van der Waals surface area contributed by atoms with Crippen LogP contribution in [0, 0.1) is 0 Å². The molecule has 2 amide bonds. The number of anilines is 1. The molecule has 0 aliphatic heterocycles. The van der Waals surface area contributed by atoms with E-state index in [2.05, 4.69) is 5.32 Å². The fourth-order valence-corrected chi connectivity index (χ4v) is 1.81. The Morgan fingerprint density at radius 1 is 1.56 bits per heavy atom. The molecule has 0 aromatic carbocycles. The number of thiophene rings is 1. The zero-order chi connectivity index (χ0) is 12.1. The van der Waals surface area contributed by atoms with E-state index in [1.165, 1.54) is 11.3 Å². The van der Waals surface area contributed by atoms with E-state index in [9.17, 15) is 9.59 Å². The van der Waals surface area contributed by atoms with Crippen LogP contribution >= 0.6 is 11.3 Å². The summed E-state index contributed by atoms with van der Waals surface area (Å²) in [4.78, 5) is 22.4. The van der Waals surface area contributed by atoms with Gasteiger partial charge in [-0.3, -0.25) is 9.59 Å². The molecular weight excluding hydrogens is 228 g/mol. The van der Waals surface area contributed by atoms with Gasteiger partial charge in [-0.25, -0.2) is 0 Å². The van der Waals surface area contributed by atoms with Crippen molar-refractivity contribution in [2.24, 2.45) is 5.73 Å².